The zero-order chi connectivity index (χ0) is 17.3. The molecule has 1 heterocycles. The monoisotopic (exact) mass is 362 g/mol. The van der Waals surface area contributed by atoms with Crippen LogP contribution in [0.1, 0.15) is 0 Å². The Morgan fingerprint density at radius 2 is 1.79 bits per heavy atom. The highest BCUT2D eigenvalue weighted by Crippen LogP contribution is 2.33. The number of nitrogens with zero attached hydrogens (tertiary/aromatic N) is 1. The predicted octanol–water partition coefficient (Wildman–Crippen LogP) is 3.86. The average molecular weight is 363 g/mol. The molecule has 0 radical (unpaired) electrons. The maximum atomic E-state index is 14.3. The largest absolute Gasteiger partial charge is 0.255 e. The molecule has 0 saturated carbocycles. The van der Waals surface area contributed by atoms with E-state index in [4.69, 9.17) is 16.7 Å². The molecule has 0 unspecified atom stereocenters. The smallest absolute Gasteiger partial charge is 0.238 e. The minimum atomic E-state index is -3.95. The van der Waals surface area contributed by atoms with Crippen molar-refractivity contribution in [2.24, 2.45) is 5.14 Å². The molecule has 0 saturated heterocycles. The number of hydrogen-bond donors (Lipinski definition) is 1. The Morgan fingerprint density at radius 3 is 2.50 bits per heavy atom. The van der Waals surface area contributed by atoms with Gasteiger partial charge in [-0.25, -0.2) is 17.9 Å². The van der Waals surface area contributed by atoms with E-state index < -0.39 is 15.8 Å². The van der Waals surface area contributed by atoms with E-state index >= 15 is 0 Å². The van der Waals surface area contributed by atoms with Crippen LogP contribution in [0.5, 0.6) is 0 Å². The first-order valence-electron chi connectivity index (χ1n) is 6.90. The Morgan fingerprint density at radius 1 is 1.00 bits per heavy atom. The Bertz CT molecular complexity index is 1020. The molecule has 1 aromatic heterocycles. The number of halogens is 2. The molecule has 4 nitrogen and oxygen atoms in total. The number of nitrogens with two attached hydrogens (primary N) is 1. The van der Waals surface area contributed by atoms with E-state index in [1.807, 2.05) is 6.07 Å². The topological polar surface area (TPSA) is 73.1 Å². The van der Waals surface area contributed by atoms with E-state index in [-0.39, 0.29) is 10.5 Å². The van der Waals surface area contributed by atoms with Crippen molar-refractivity contribution < 1.29 is 12.8 Å². The van der Waals surface area contributed by atoms with Crippen LogP contribution in [-0.4, -0.2) is 13.4 Å². The van der Waals surface area contributed by atoms with Gasteiger partial charge in [0.15, 0.2) is 0 Å². The van der Waals surface area contributed by atoms with Gasteiger partial charge in [-0.15, -0.1) is 0 Å². The van der Waals surface area contributed by atoms with Gasteiger partial charge < -0.3 is 0 Å². The van der Waals surface area contributed by atoms with Crippen LogP contribution in [-0.2, 0) is 10.0 Å². The molecule has 2 N–H and O–H groups in total. The highest BCUT2D eigenvalue weighted by molar-refractivity contribution is 7.89. The number of hydrogen-bond acceptors (Lipinski definition) is 3. The summed E-state index contributed by atoms with van der Waals surface area (Å²) in [7, 11) is -3.95. The van der Waals surface area contributed by atoms with E-state index in [1.54, 1.807) is 30.3 Å². The summed E-state index contributed by atoms with van der Waals surface area (Å²) in [6.45, 7) is 0. The number of aromatic nitrogens is 1. The summed E-state index contributed by atoms with van der Waals surface area (Å²) in [5.74, 6) is -0.593. The molecule has 0 atom stereocenters. The van der Waals surface area contributed by atoms with Crippen LogP contribution in [0.25, 0.3) is 22.4 Å². The quantitative estimate of drug-likeness (QED) is 0.769. The van der Waals surface area contributed by atoms with Crippen molar-refractivity contribution >= 4 is 21.6 Å². The fraction of sp³-hybridized carbons (Fsp3) is 0. The molecule has 0 aliphatic heterocycles. The van der Waals surface area contributed by atoms with Crippen LogP contribution in [0.4, 0.5) is 4.39 Å². The van der Waals surface area contributed by atoms with Gasteiger partial charge in [-0.3, -0.25) is 4.98 Å². The van der Waals surface area contributed by atoms with Gasteiger partial charge >= 0.3 is 0 Å². The lowest BCUT2D eigenvalue weighted by Gasteiger charge is -2.11. The van der Waals surface area contributed by atoms with Gasteiger partial charge in [0.05, 0.1) is 10.6 Å². The van der Waals surface area contributed by atoms with Crippen molar-refractivity contribution in [2.45, 2.75) is 4.90 Å². The van der Waals surface area contributed by atoms with Crippen molar-refractivity contribution in [3.63, 3.8) is 0 Å². The first-order chi connectivity index (χ1) is 11.4. The van der Waals surface area contributed by atoms with Crippen molar-refractivity contribution in [1.29, 1.82) is 0 Å². The van der Waals surface area contributed by atoms with Crippen LogP contribution < -0.4 is 5.14 Å². The minimum Gasteiger partial charge on any atom is -0.255 e. The molecule has 2 aromatic carbocycles. The van der Waals surface area contributed by atoms with E-state index in [9.17, 15) is 12.8 Å². The molecule has 0 spiro atoms. The van der Waals surface area contributed by atoms with Gasteiger partial charge in [0.25, 0.3) is 0 Å². The molecule has 0 amide bonds. The van der Waals surface area contributed by atoms with Crippen LogP contribution in [0, 0.1) is 5.82 Å². The second kappa shape index (κ2) is 6.32. The lowest BCUT2D eigenvalue weighted by molar-refractivity contribution is 0.596. The standard InChI is InChI=1S/C17H12ClFN2O2S/c18-12-4-1-3-11(9-12)14-5-2-8-21-17(14)15-10-13(24(20,22)23)6-7-16(15)19/h1-10H,(H2,20,22,23). The molecule has 0 bridgehead atoms. The van der Waals surface area contributed by atoms with Crippen molar-refractivity contribution in [2.75, 3.05) is 0 Å². The highest BCUT2D eigenvalue weighted by Gasteiger charge is 2.17. The number of pyridine rings is 1. The van der Waals surface area contributed by atoms with Gasteiger partial charge in [0, 0.05) is 22.3 Å². The molecule has 0 aliphatic carbocycles. The van der Waals surface area contributed by atoms with Crippen LogP contribution >= 0.6 is 11.6 Å². The Balaban J connectivity index is 2.25. The molecule has 3 aromatic rings. The van der Waals surface area contributed by atoms with Gasteiger partial charge in [0.2, 0.25) is 10.0 Å². The molecule has 0 aliphatic rings. The van der Waals surface area contributed by atoms with Crippen molar-refractivity contribution in [1.82, 2.24) is 4.98 Å². The summed E-state index contributed by atoms with van der Waals surface area (Å²) in [6, 6.07) is 13.9. The minimum absolute atomic E-state index is 0.0529. The number of benzene rings is 2. The number of sulfonamides is 1. The SMILES string of the molecule is NS(=O)(=O)c1ccc(F)c(-c2ncccc2-c2cccc(Cl)c2)c1. The van der Waals surface area contributed by atoms with Gasteiger partial charge in [-0.1, -0.05) is 29.8 Å². The van der Waals surface area contributed by atoms with Gasteiger partial charge in [-0.2, -0.15) is 0 Å². The first-order valence-corrected chi connectivity index (χ1v) is 8.82. The summed E-state index contributed by atoms with van der Waals surface area (Å²) < 4.78 is 37.4. The lowest BCUT2D eigenvalue weighted by atomic mass is 9.99. The summed E-state index contributed by atoms with van der Waals surface area (Å²) >= 11 is 6.02. The Hall–Kier alpha value is -2.28. The van der Waals surface area contributed by atoms with E-state index in [0.717, 1.165) is 17.7 Å². The number of primary sulfonamides is 1. The second-order valence-electron chi connectivity index (χ2n) is 5.10. The Labute approximate surface area is 143 Å². The zero-order valence-corrected chi connectivity index (χ0v) is 13.9. The molecular formula is C17H12ClFN2O2S. The third-order valence-electron chi connectivity index (χ3n) is 3.46. The van der Waals surface area contributed by atoms with Crippen LogP contribution in [0.15, 0.2) is 65.7 Å². The van der Waals surface area contributed by atoms with Crippen LogP contribution in [0.2, 0.25) is 5.02 Å². The summed E-state index contributed by atoms with van der Waals surface area (Å²) in [5, 5.41) is 5.66. The molecule has 0 fully saturated rings. The second-order valence-corrected chi connectivity index (χ2v) is 7.09. The third kappa shape index (κ3) is 3.31. The molecular weight excluding hydrogens is 351 g/mol. The molecule has 3 rings (SSSR count). The van der Waals surface area contributed by atoms with E-state index in [1.165, 1.54) is 12.3 Å². The summed E-state index contributed by atoms with van der Waals surface area (Å²) in [5.41, 5.74) is 1.73. The third-order valence-corrected chi connectivity index (χ3v) is 4.61. The molecule has 7 heteroatoms. The summed E-state index contributed by atoms with van der Waals surface area (Å²) in [6.07, 6.45) is 1.51. The molecule has 24 heavy (non-hydrogen) atoms. The Kier molecular flexibility index (Phi) is 4.36. The normalized spacial score (nSPS) is 11.5. The predicted molar refractivity (Wildman–Crippen MR) is 91.5 cm³/mol. The van der Waals surface area contributed by atoms with Gasteiger partial charge in [-0.05, 0) is 42.0 Å². The maximum absolute atomic E-state index is 14.3. The first kappa shape index (κ1) is 16.6. The zero-order valence-electron chi connectivity index (χ0n) is 12.3. The lowest BCUT2D eigenvalue weighted by Crippen LogP contribution is -2.12. The fourth-order valence-corrected chi connectivity index (χ4v) is 3.10. The maximum Gasteiger partial charge on any atom is 0.238 e. The number of rotatable bonds is 3. The highest BCUT2D eigenvalue weighted by atomic mass is 35.5. The average Bonchev–Trinajstić information content (AvgIpc) is 2.54. The van der Waals surface area contributed by atoms with Crippen molar-refractivity contribution in [3.05, 3.63) is 71.6 Å². The molecule has 122 valence electrons. The summed E-state index contributed by atoms with van der Waals surface area (Å²) in [4.78, 5) is 4.04. The van der Waals surface area contributed by atoms with Gasteiger partial charge in [0.1, 0.15) is 5.82 Å². The van der Waals surface area contributed by atoms with E-state index in [0.29, 0.717) is 16.3 Å². The fourth-order valence-electron chi connectivity index (χ4n) is 2.37. The van der Waals surface area contributed by atoms with Crippen LogP contribution in [0.3, 0.4) is 0 Å². The van der Waals surface area contributed by atoms with Crippen molar-refractivity contribution in [3.8, 4) is 22.4 Å². The van der Waals surface area contributed by atoms with E-state index in [2.05, 4.69) is 4.98 Å².